The Morgan fingerprint density at radius 3 is 3.04 bits per heavy atom. The maximum Gasteiger partial charge on any atom is 0.227 e. The summed E-state index contributed by atoms with van der Waals surface area (Å²) in [6.07, 6.45) is 3.03. The summed E-state index contributed by atoms with van der Waals surface area (Å²) in [6.45, 7) is 2.78. The monoisotopic (exact) mass is 346 g/mol. The van der Waals surface area contributed by atoms with Crippen molar-refractivity contribution in [1.29, 1.82) is 0 Å². The van der Waals surface area contributed by atoms with E-state index in [4.69, 9.17) is 4.74 Å². The highest BCUT2D eigenvalue weighted by Gasteiger charge is 2.34. The number of hydrogen-bond donors (Lipinski definition) is 0. The molecule has 2 aromatic heterocycles. The highest BCUT2D eigenvalue weighted by molar-refractivity contribution is 7.07. The van der Waals surface area contributed by atoms with E-state index >= 15 is 0 Å². The number of thiophene rings is 1. The molecule has 1 aliphatic carbocycles. The molecule has 1 fully saturated rings. The molecule has 2 aromatic rings. The number of methoxy groups -OCH3 is 1. The third kappa shape index (κ3) is 3.23. The molecule has 0 saturated heterocycles. The first kappa shape index (κ1) is 15.8. The largest absolute Gasteiger partial charge is 0.384 e. The Kier molecular flexibility index (Phi) is 4.37. The predicted molar refractivity (Wildman–Crippen MR) is 90.8 cm³/mol. The number of aromatic nitrogens is 3. The van der Waals surface area contributed by atoms with E-state index in [0.29, 0.717) is 26.1 Å². The lowest BCUT2D eigenvalue weighted by Gasteiger charge is -2.32. The van der Waals surface area contributed by atoms with Crippen LogP contribution in [0.4, 0.5) is 0 Å². The van der Waals surface area contributed by atoms with Gasteiger partial charge in [-0.3, -0.25) is 4.79 Å². The number of hydrogen-bond acceptors (Lipinski definition) is 5. The summed E-state index contributed by atoms with van der Waals surface area (Å²) < 4.78 is 7.46. The molecule has 0 N–H and O–H groups in total. The molecule has 0 bridgehead atoms. The predicted octanol–water partition coefficient (Wildman–Crippen LogP) is 2.06. The Bertz CT molecular complexity index is 708. The molecular formula is C17H22N4O2S. The molecule has 0 spiro atoms. The highest BCUT2D eigenvalue weighted by Crippen LogP contribution is 2.33. The fourth-order valence-electron chi connectivity index (χ4n) is 3.40. The van der Waals surface area contributed by atoms with Crippen molar-refractivity contribution < 1.29 is 9.53 Å². The topological polar surface area (TPSA) is 60.2 Å². The van der Waals surface area contributed by atoms with E-state index in [1.165, 1.54) is 18.5 Å². The molecule has 0 radical (unpaired) electrons. The fourth-order valence-corrected chi connectivity index (χ4v) is 4.06. The van der Waals surface area contributed by atoms with Crippen LogP contribution in [0, 0.1) is 5.92 Å². The standard InChI is InChI=1S/C17H22N4O2S/c1-23-10-14-8-20(16(22)6-13-4-5-24-11-13)9-15-17(14)21(19-18-15)7-12-2-3-12/h4-5,11-12,14H,2-3,6-10H2,1H3/t14-/m1/s1. The molecule has 2 aliphatic rings. The fraction of sp³-hybridized carbons (Fsp3) is 0.588. The van der Waals surface area contributed by atoms with Crippen LogP contribution in [0.15, 0.2) is 16.8 Å². The van der Waals surface area contributed by atoms with Gasteiger partial charge in [-0.15, -0.1) is 5.10 Å². The van der Waals surface area contributed by atoms with Gasteiger partial charge in [0, 0.05) is 26.1 Å². The van der Waals surface area contributed by atoms with E-state index in [-0.39, 0.29) is 11.8 Å². The zero-order valence-corrected chi connectivity index (χ0v) is 14.7. The lowest BCUT2D eigenvalue weighted by molar-refractivity contribution is -0.132. The van der Waals surface area contributed by atoms with E-state index in [0.717, 1.165) is 23.7 Å². The number of amides is 1. The van der Waals surface area contributed by atoms with Crippen molar-refractivity contribution in [3.63, 3.8) is 0 Å². The van der Waals surface area contributed by atoms with Crippen molar-refractivity contribution in [1.82, 2.24) is 19.9 Å². The number of carbonyl (C=O) groups is 1. The Morgan fingerprint density at radius 2 is 2.33 bits per heavy atom. The van der Waals surface area contributed by atoms with Crippen LogP contribution in [0.1, 0.15) is 35.7 Å². The second-order valence-electron chi connectivity index (χ2n) is 6.78. The van der Waals surface area contributed by atoms with Crippen molar-refractivity contribution in [3.8, 4) is 0 Å². The number of ether oxygens (including phenoxy) is 1. The van der Waals surface area contributed by atoms with Crippen LogP contribution < -0.4 is 0 Å². The maximum atomic E-state index is 12.7. The third-order valence-electron chi connectivity index (χ3n) is 4.80. The van der Waals surface area contributed by atoms with Crippen molar-refractivity contribution in [2.45, 2.75) is 38.3 Å². The molecule has 7 heteroatoms. The van der Waals surface area contributed by atoms with Crippen molar-refractivity contribution in [2.75, 3.05) is 20.3 Å². The minimum Gasteiger partial charge on any atom is -0.384 e. The first-order chi connectivity index (χ1) is 11.7. The van der Waals surface area contributed by atoms with Crippen LogP contribution in [0.2, 0.25) is 0 Å². The third-order valence-corrected chi connectivity index (χ3v) is 5.53. The molecule has 1 amide bonds. The molecular weight excluding hydrogens is 324 g/mol. The molecule has 6 nitrogen and oxygen atoms in total. The van der Waals surface area contributed by atoms with Gasteiger partial charge in [0.2, 0.25) is 5.91 Å². The molecule has 0 unspecified atom stereocenters. The zero-order chi connectivity index (χ0) is 16.5. The van der Waals surface area contributed by atoms with Crippen molar-refractivity contribution >= 4 is 17.2 Å². The number of nitrogens with zero attached hydrogens (tertiary/aromatic N) is 4. The first-order valence-electron chi connectivity index (χ1n) is 8.44. The van der Waals surface area contributed by atoms with Crippen LogP contribution in [-0.4, -0.2) is 46.1 Å². The van der Waals surface area contributed by atoms with E-state index in [2.05, 4.69) is 15.0 Å². The molecule has 1 aliphatic heterocycles. The van der Waals surface area contributed by atoms with E-state index < -0.39 is 0 Å². The summed E-state index contributed by atoms with van der Waals surface area (Å²) in [6, 6.07) is 2.01. The lowest BCUT2D eigenvalue weighted by Crippen LogP contribution is -2.41. The first-order valence-corrected chi connectivity index (χ1v) is 9.39. The summed E-state index contributed by atoms with van der Waals surface area (Å²) in [4.78, 5) is 14.6. The Labute approximate surface area is 145 Å². The normalized spacial score (nSPS) is 20.2. The van der Waals surface area contributed by atoms with Crippen LogP contribution in [0.25, 0.3) is 0 Å². The number of carbonyl (C=O) groups excluding carboxylic acids is 1. The van der Waals surface area contributed by atoms with E-state index in [9.17, 15) is 4.79 Å². The van der Waals surface area contributed by atoms with Gasteiger partial charge in [0.1, 0.15) is 5.69 Å². The Balaban J connectivity index is 1.53. The van der Waals surface area contributed by atoms with Gasteiger partial charge in [-0.1, -0.05) is 5.21 Å². The molecule has 4 rings (SSSR count). The van der Waals surface area contributed by atoms with Gasteiger partial charge in [0.05, 0.1) is 25.3 Å². The van der Waals surface area contributed by atoms with Gasteiger partial charge in [0.25, 0.3) is 0 Å². The number of rotatable bonds is 6. The van der Waals surface area contributed by atoms with E-state index in [1.54, 1.807) is 18.4 Å². The summed E-state index contributed by atoms with van der Waals surface area (Å²) >= 11 is 1.62. The molecule has 0 aromatic carbocycles. The van der Waals surface area contributed by atoms with Gasteiger partial charge < -0.3 is 9.64 Å². The average Bonchev–Trinajstić information content (AvgIpc) is 3.06. The van der Waals surface area contributed by atoms with Crippen LogP contribution >= 0.6 is 11.3 Å². The highest BCUT2D eigenvalue weighted by atomic mass is 32.1. The second-order valence-corrected chi connectivity index (χ2v) is 7.56. The molecule has 128 valence electrons. The molecule has 24 heavy (non-hydrogen) atoms. The van der Waals surface area contributed by atoms with Crippen molar-refractivity contribution in [2.24, 2.45) is 5.92 Å². The second kappa shape index (κ2) is 6.64. The minimum atomic E-state index is 0.150. The molecule has 1 atom stereocenters. The Morgan fingerprint density at radius 1 is 1.46 bits per heavy atom. The summed E-state index contributed by atoms with van der Waals surface area (Å²) in [5.74, 6) is 1.05. The minimum absolute atomic E-state index is 0.150. The summed E-state index contributed by atoms with van der Waals surface area (Å²) in [5, 5.41) is 12.8. The molecule has 1 saturated carbocycles. The smallest absolute Gasteiger partial charge is 0.227 e. The van der Waals surface area contributed by atoms with Crippen LogP contribution in [-0.2, 0) is 29.0 Å². The van der Waals surface area contributed by atoms with Gasteiger partial charge in [-0.2, -0.15) is 11.3 Å². The summed E-state index contributed by atoms with van der Waals surface area (Å²) in [7, 11) is 1.71. The maximum absolute atomic E-state index is 12.7. The van der Waals surface area contributed by atoms with Gasteiger partial charge >= 0.3 is 0 Å². The van der Waals surface area contributed by atoms with Gasteiger partial charge in [0.15, 0.2) is 0 Å². The Hall–Kier alpha value is -1.73. The molecule has 3 heterocycles. The lowest BCUT2D eigenvalue weighted by atomic mass is 9.98. The van der Waals surface area contributed by atoms with E-state index in [1.807, 2.05) is 21.7 Å². The van der Waals surface area contributed by atoms with Crippen LogP contribution in [0.5, 0.6) is 0 Å². The van der Waals surface area contributed by atoms with Gasteiger partial charge in [-0.05, 0) is 41.1 Å². The van der Waals surface area contributed by atoms with Gasteiger partial charge in [-0.25, -0.2) is 4.68 Å². The van der Waals surface area contributed by atoms with Crippen LogP contribution in [0.3, 0.4) is 0 Å². The average molecular weight is 346 g/mol. The van der Waals surface area contributed by atoms with Crippen molar-refractivity contribution in [3.05, 3.63) is 33.8 Å². The number of fused-ring (bicyclic) bond motifs is 1. The quantitative estimate of drug-likeness (QED) is 0.803. The SMILES string of the molecule is COC[C@H]1CN(C(=O)Cc2ccsc2)Cc2nnn(CC3CC3)c21. The summed E-state index contributed by atoms with van der Waals surface area (Å²) in [5.41, 5.74) is 3.18. The zero-order valence-electron chi connectivity index (χ0n) is 13.9.